The number of hydrogen-bond acceptors (Lipinski definition) is 3. The van der Waals surface area contributed by atoms with Crippen molar-refractivity contribution in [2.24, 2.45) is 0 Å². The Balaban J connectivity index is 1.54. The molecule has 146 valence electrons. The number of nitrogens with one attached hydrogen (secondary N) is 2. The summed E-state index contributed by atoms with van der Waals surface area (Å²) in [6, 6.07) is 17.5. The van der Waals surface area contributed by atoms with Gasteiger partial charge in [0.25, 0.3) is 0 Å². The number of benzene rings is 2. The third kappa shape index (κ3) is 2.75. The first-order valence-electron chi connectivity index (χ1n) is 9.93. The molecule has 3 heterocycles. The third-order valence-corrected chi connectivity index (χ3v) is 6.20. The first-order valence-corrected chi connectivity index (χ1v) is 9.93. The highest BCUT2D eigenvalue weighted by molar-refractivity contribution is 6.07. The van der Waals surface area contributed by atoms with Crippen molar-refractivity contribution in [1.82, 2.24) is 15.1 Å². The van der Waals surface area contributed by atoms with E-state index in [1.165, 1.54) is 0 Å². The molecule has 1 aromatic heterocycles. The highest BCUT2D eigenvalue weighted by Gasteiger charge is 2.59. The molecule has 2 N–H and O–H groups in total. The van der Waals surface area contributed by atoms with Gasteiger partial charge in [0.15, 0.2) is 0 Å². The van der Waals surface area contributed by atoms with Crippen molar-refractivity contribution in [2.45, 2.75) is 30.7 Å². The van der Waals surface area contributed by atoms with Crippen LogP contribution in [-0.2, 0) is 21.4 Å². The first kappa shape index (κ1) is 17.7. The number of likely N-dealkylation sites (tertiary alicyclic amines) is 1. The standard InChI is InChI=1S/C23H22N4O2/c28-20(11-10-16-14-24-25-15-16)27-13-12-23(21(27)17-6-2-1-3-7-17)18-8-4-5-9-19(18)26-22(23)29/h1-9,14-15,21H,10-13H2,(H,24,25)(H,26,29). The summed E-state index contributed by atoms with van der Waals surface area (Å²) < 4.78 is 0. The van der Waals surface area contributed by atoms with Crippen LogP contribution in [0.3, 0.4) is 0 Å². The van der Waals surface area contributed by atoms with Crippen molar-refractivity contribution in [3.8, 4) is 0 Å². The van der Waals surface area contributed by atoms with Crippen LogP contribution in [-0.4, -0.2) is 33.5 Å². The zero-order valence-corrected chi connectivity index (χ0v) is 16.0. The zero-order valence-electron chi connectivity index (χ0n) is 16.0. The van der Waals surface area contributed by atoms with Gasteiger partial charge in [-0.15, -0.1) is 0 Å². The molecule has 0 radical (unpaired) electrons. The van der Waals surface area contributed by atoms with Crippen LogP contribution >= 0.6 is 0 Å². The quantitative estimate of drug-likeness (QED) is 0.723. The SMILES string of the molecule is O=C(CCc1cn[nH]c1)N1CCC2(C(=O)Nc3ccccc32)C1c1ccccc1. The largest absolute Gasteiger partial charge is 0.334 e. The Hall–Kier alpha value is -3.41. The fourth-order valence-corrected chi connectivity index (χ4v) is 4.86. The molecule has 1 fully saturated rings. The van der Waals surface area contributed by atoms with Crippen molar-refractivity contribution in [1.29, 1.82) is 0 Å². The lowest BCUT2D eigenvalue weighted by atomic mass is 9.72. The number of amides is 2. The van der Waals surface area contributed by atoms with Gasteiger partial charge in [0.05, 0.1) is 12.2 Å². The lowest BCUT2D eigenvalue weighted by Gasteiger charge is -2.34. The Morgan fingerprint density at radius 1 is 1.14 bits per heavy atom. The number of carbonyl (C=O) groups is 2. The molecule has 29 heavy (non-hydrogen) atoms. The van der Waals surface area contributed by atoms with E-state index in [2.05, 4.69) is 15.5 Å². The fourth-order valence-electron chi connectivity index (χ4n) is 4.86. The highest BCUT2D eigenvalue weighted by Crippen LogP contribution is 2.54. The maximum absolute atomic E-state index is 13.3. The Kier molecular flexibility index (Phi) is 4.19. The molecule has 6 heteroatoms. The van der Waals surface area contributed by atoms with Gasteiger partial charge in [-0.2, -0.15) is 5.10 Å². The van der Waals surface area contributed by atoms with Crippen molar-refractivity contribution >= 4 is 17.5 Å². The van der Waals surface area contributed by atoms with Gasteiger partial charge in [-0.3, -0.25) is 14.7 Å². The van der Waals surface area contributed by atoms with E-state index in [1.807, 2.05) is 65.7 Å². The lowest BCUT2D eigenvalue weighted by molar-refractivity contribution is -0.133. The predicted octanol–water partition coefficient (Wildman–Crippen LogP) is 3.21. The van der Waals surface area contributed by atoms with Gasteiger partial charge in [0.2, 0.25) is 11.8 Å². The van der Waals surface area contributed by atoms with E-state index in [1.54, 1.807) is 6.20 Å². The van der Waals surface area contributed by atoms with Gasteiger partial charge in [0, 0.05) is 24.8 Å². The van der Waals surface area contributed by atoms with Gasteiger partial charge >= 0.3 is 0 Å². The Bertz CT molecular complexity index is 1050. The average Bonchev–Trinajstić information content (AvgIpc) is 3.47. The van der Waals surface area contributed by atoms with Crippen LogP contribution in [0.2, 0.25) is 0 Å². The van der Waals surface area contributed by atoms with Gasteiger partial charge in [-0.25, -0.2) is 0 Å². The van der Waals surface area contributed by atoms with Crippen molar-refractivity contribution in [3.05, 3.63) is 83.7 Å². The van der Waals surface area contributed by atoms with E-state index in [0.29, 0.717) is 25.8 Å². The minimum Gasteiger partial charge on any atom is -0.334 e. The summed E-state index contributed by atoms with van der Waals surface area (Å²) in [5.74, 6) is 0.0480. The van der Waals surface area contributed by atoms with Crippen LogP contribution in [0.5, 0.6) is 0 Å². The molecule has 1 spiro atoms. The molecule has 2 unspecified atom stereocenters. The Morgan fingerprint density at radius 3 is 2.72 bits per heavy atom. The number of aryl methyl sites for hydroxylation is 1. The van der Waals surface area contributed by atoms with Crippen LogP contribution in [0.1, 0.15) is 35.6 Å². The number of carbonyl (C=O) groups excluding carboxylic acids is 2. The number of para-hydroxylation sites is 1. The molecule has 2 atom stereocenters. The van der Waals surface area contributed by atoms with E-state index < -0.39 is 5.41 Å². The number of rotatable bonds is 4. The summed E-state index contributed by atoms with van der Waals surface area (Å²) >= 11 is 0. The molecule has 2 aliphatic heterocycles. The summed E-state index contributed by atoms with van der Waals surface area (Å²) in [5, 5.41) is 9.79. The summed E-state index contributed by atoms with van der Waals surface area (Å²) in [7, 11) is 0. The summed E-state index contributed by atoms with van der Waals surface area (Å²) in [6.07, 6.45) is 5.19. The van der Waals surface area contributed by atoms with Crippen LogP contribution < -0.4 is 5.32 Å². The molecule has 0 bridgehead atoms. The van der Waals surface area contributed by atoms with Crippen LogP contribution in [0.25, 0.3) is 0 Å². The summed E-state index contributed by atoms with van der Waals surface area (Å²) in [6.45, 7) is 0.561. The zero-order chi connectivity index (χ0) is 19.8. The van der Waals surface area contributed by atoms with E-state index >= 15 is 0 Å². The van der Waals surface area contributed by atoms with E-state index in [-0.39, 0.29) is 17.9 Å². The summed E-state index contributed by atoms with van der Waals surface area (Å²) in [4.78, 5) is 28.4. The maximum atomic E-state index is 13.3. The van der Waals surface area contributed by atoms with E-state index in [9.17, 15) is 9.59 Å². The number of aromatic nitrogens is 2. The van der Waals surface area contributed by atoms with Gasteiger partial charge in [-0.1, -0.05) is 48.5 Å². The molecule has 5 rings (SSSR count). The molecule has 2 amide bonds. The van der Waals surface area contributed by atoms with E-state index in [4.69, 9.17) is 0 Å². The number of hydrogen-bond donors (Lipinski definition) is 2. The molecule has 6 nitrogen and oxygen atoms in total. The first-order chi connectivity index (χ1) is 14.2. The third-order valence-electron chi connectivity index (χ3n) is 6.20. The lowest BCUT2D eigenvalue weighted by Crippen LogP contribution is -2.42. The normalized spacial score (nSPS) is 22.7. The van der Waals surface area contributed by atoms with Gasteiger partial charge in [0.1, 0.15) is 5.41 Å². The minimum atomic E-state index is -0.747. The number of fused-ring (bicyclic) bond motifs is 2. The molecule has 0 saturated carbocycles. The van der Waals surface area contributed by atoms with Crippen LogP contribution in [0, 0.1) is 0 Å². The molecule has 1 saturated heterocycles. The smallest absolute Gasteiger partial charge is 0.237 e. The molecular formula is C23H22N4O2. The van der Waals surface area contributed by atoms with Crippen molar-refractivity contribution in [3.63, 3.8) is 0 Å². The average molecular weight is 386 g/mol. The Labute approximate surface area is 168 Å². The monoisotopic (exact) mass is 386 g/mol. The molecular weight excluding hydrogens is 364 g/mol. The minimum absolute atomic E-state index is 0.0160. The second-order valence-electron chi connectivity index (χ2n) is 7.73. The highest BCUT2D eigenvalue weighted by atomic mass is 16.2. The topological polar surface area (TPSA) is 78.1 Å². The second kappa shape index (κ2) is 6.88. The van der Waals surface area contributed by atoms with Crippen LogP contribution in [0.4, 0.5) is 5.69 Å². The maximum Gasteiger partial charge on any atom is 0.237 e. The number of anilines is 1. The number of aromatic amines is 1. The molecule has 2 aromatic carbocycles. The van der Waals surface area contributed by atoms with Crippen LogP contribution in [0.15, 0.2) is 67.0 Å². The van der Waals surface area contributed by atoms with Gasteiger partial charge in [-0.05, 0) is 35.6 Å². The fraction of sp³-hybridized carbons (Fsp3) is 0.261. The number of nitrogens with zero attached hydrogens (tertiary/aromatic N) is 2. The number of H-pyrrole nitrogens is 1. The van der Waals surface area contributed by atoms with Crippen molar-refractivity contribution in [2.75, 3.05) is 11.9 Å². The molecule has 3 aromatic rings. The second-order valence-corrected chi connectivity index (χ2v) is 7.73. The predicted molar refractivity (Wildman–Crippen MR) is 109 cm³/mol. The van der Waals surface area contributed by atoms with Gasteiger partial charge < -0.3 is 10.2 Å². The van der Waals surface area contributed by atoms with Crippen molar-refractivity contribution < 1.29 is 9.59 Å². The Morgan fingerprint density at radius 2 is 1.93 bits per heavy atom. The summed E-state index contributed by atoms with van der Waals surface area (Å²) in [5.41, 5.74) is 3.10. The molecule has 0 aliphatic carbocycles. The van der Waals surface area contributed by atoms with E-state index in [0.717, 1.165) is 22.4 Å². The molecule has 2 aliphatic rings.